The van der Waals surface area contributed by atoms with Gasteiger partial charge >= 0.3 is 0 Å². The molecule has 7 nitrogen and oxygen atoms in total. The van der Waals surface area contributed by atoms with Crippen molar-refractivity contribution >= 4 is 5.65 Å². The first-order valence-corrected chi connectivity index (χ1v) is 5.80. The van der Waals surface area contributed by atoms with Crippen molar-refractivity contribution in [3.8, 4) is 11.6 Å². The number of fused-ring (bicyclic) bond motifs is 1. The number of nitrogens with zero attached hydrogens (tertiary/aromatic N) is 5. The summed E-state index contributed by atoms with van der Waals surface area (Å²) >= 11 is 0. The average Bonchev–Trinajstić information content (AvgIpc) is 2.89. The highest BCUT2D eigenvalue weighted by molar-refractivity contribution is 5.37. The van der Waals surface area contributed by atoms with Gasteiger partial charge in [0.05, 0.1) is 12.4 Å². The second-order valence-corrected chi connectivity index (χ2v) is 3.97. The number of hydrogen-bond donors (Lipinski definition) is 1. The van der Waals surface area contributed by atoms with E-state index in [0.717, 1.165) is 17.9 Å². The maximum atomic E-state index is 5.77. The topological polar surface area (TPSA) is 77.2 Å². The maximum absolute atomic E-state index is 5.77. The monoisotopic (exact) mass is 256 g/mol. The Balaban J connectivity index is 1.92. The Kier molecular flexibility index (Phi) is 3.03. The summed E-state index contributed by atoms with van der Waals surface area (Å²) in [6.45, 7) is 0.782. The molecule has 7 heteroatoms. The van der Waals surface area contributed by atoms with Crippen LogP contribution in [0.4, 0.5) is 0 Å². The Morgan fingerprint density at radius 3 is 3.16 bits per heavy atom. The van der Waals surface area contributed by atoms with Crippen molar-refractivity contribution in [1.82, 2.24) is 30.3 Å². The molecule has 2 heterocycles. The van der Waals surface area contributed by atoms with Crippen molar-refractivity contribution in [2.75, 3.05) is 7.05 Å². The minimum absolute atomic E-state index is 0.476. The number of nitrogens with one attached hydrogen (secondary N) is 1. The van der Waals surface area contributed by atoms with E-state index in [1.807, 2.05) is 31.3 Å². The van der Waals surface area contributed by atoms with Crippen molar-refractivity contribution in [3.05, 3.63) is 42.2 Å². The summed E-state index contributed by atoms with van der Waals surface area (Å²) < 4.78 is 7.26. The van der Waals surface area contributed by atoms with Gasteiger partial charge in [-0.25, -0.2) is 0 Å². The molecule has 3 rings (SSSR count). The fourth-order valence-electron chi connectivity index (χ4n) is 1.77. The Morgan fingerprint density at radius 1 is 1.32 bits per heavy atom. The number of ether oxygens (including phenoxy) is 1. The van der Waals surface area contributed by atoms with Crippen LogP contribution in [0.25, 0.3) is 5.65 Å². The van der Waals surface area contributed by atoms with Crippen molar-refractivity contribution in [1.29, 1.82) is 0 Å². The van der Waals surface area contributed by atoms with Gasteiger partial charge in [-0.05, 0) is 35.2 Å². The van der Waals surface area contributed by atoms with E-state index in [-0.39, 0.29) is 0 Å². The van der Waals surface area contributed by atoms with Crippen LogP contribution in [0.5, 0.6) is 11.6 Å². The summed E-state index contributed by atoms with van der Waals surface area (Å²) in [6, 6.07) is 7.80. The SMILES string of the molecule is CNCc1cccc(Oc2cncc3nnnn23)c1. The molecular weight excluding hydrogens is 244 g/mol. The largest absolute Gasteiger partial charge is 0.437 e. The van der Waals surface area contributed by atoms with E-state index in [1.165, 1.54) is 4.52 Å². The van der Waals surface area contributed by atoms with E-state index in [9.17, 15) is 0 Å². The van der Waals surface area contributed by atoms with E-state index in [1.54, 1.807) is 12.4 Å². The van der Waals surface area contributed by atoms with Gasteiger partial charge < -0.3 is 10.1 Å². The lowest BCUT2D eigenvalue weighted by atomic mass is 10.2. The molecule has 0 amide bonds. The molecule has 0 atom stereocenters. The lowest BCUT2D eigenvalue weighted by Crippen LogP contribution is -2.05. The summed E-state index contributed by atoms with van der Waals surface area (Å²) in [5.41, 5.74) is 1.68. The third-order valence-corrected chi connectivity index (χ3v) is 2.58. The number of tetrazole rings is 1. The lowest BCUT2D eigenvalue weighted by Gasteiger charge is -2.07. The predicted molar refractivity (Wildman–Crippen MR) is 67.9 cm³/mol. The number of hydrogen-bond acceptors (Lipinski definition) is 6. The summed E-state index contributed by atoms with van der Waals surface area (Å²) in [5, 5.41) is 14.3. The first kappa shape index (κ1) is 11.5. The summed E-state index contributed by atoms with van der Waals surface area (Å²) in [7, 11) is 1.90. The maximum Gasteiger partial charge on any atom is 0.242 e. The van der Waals surface area contributed by atoms with Crippen LogP contribution in [0, 0.1) is 0 Å². The molecule has 1 aromatic carbocycles. The Labute approximate surface area is 109 Å². The van der Waals surface area contributed by atoms with Gasteiger partial charge in [0, 0.05) is 6.54 Å². The predicted octanol–water partition coefficient (Wildman–Crippen LogP) is 1.03. The third kappa shape index (κ3) is 2.36. The molecule has 1 N–H and O–H groups in total. The van der Waals surface area contributed by atoms with E-state index in [0.29, 0.717) is 11.5 Å². The first-order valence-electron chi connectivity index (χ1n) is 5.80. The van der Waals surface area contributed by atoms with Crippen molar-refractivity contribution in [2.24, 2.45) is 0 Å². The molecule has 3 aromatic rings. The normalized spacial score (nSPS) is 10.8. The fourth-order valence-corrected chi connectivity index (χ4v) is 1.77. The molecule has 0 saturated heterocycles. The minimum Gasteiger partial charge on any atom is -0.437 e. The van der Waals surface area contributed by atoms with Crippen LogP contribution in [0.1, 0.15) is 5.56 Å². The first-order chi connectivity index (χ1) is 9.36. The summed E-state index contributed by atoms with van der Waals surface area (Å²) in [6.07, 6.45) is 3.15. The second-order valence-electron chi connectivity index (χ2n) is 3.97. The smallest absolute Gasteiger partial charge is 0.242 e. The third-order valence-electron chi connectivity index (χ3n) is 2.58. The molecule has 96 valence electrons. The van der Waals surface area contributed by atoms with Crippen molar-refractivity contribution < 1.29 is 4.74 Å². The minimum atomic E-state index is 0.476. The van der Waals surface area contributed by atoms with Gasteiger partial charge in [0.2, 0.25) is 11.5 Å². The van der Waals surface area contributed by atoms with Gasteiger partial charge in [-0.15, -0.1) is 5.10 Å². The zero-order valence-corrected chi connectivity index (χ0v) is 10.3. The van der Waals surface area contributed by atoms with Gasteiger partial charge in [0.25, 0.3) is 0 Å². The highest BCUT2D eigenvalue weighted by atomic mass is 16.5. The van der Waals surface area contributed by atoms with Crippen LogP contribution in [-0.4, -0.2) is 32.1 Å². The van der Waals surface area contributed by atoms with E-state index in [4.69, 9.17) is 4.74 Å². The molecule has 0 aliphatic rings. The van der Waals surface area contributed by atoms with Crippen LogP contribution < -0.4 is 10.1 Å². The molecule has 0 aliphatic heterocycles. The highest BCUT2D eigenvalue weighted by Gasteiger charge is 2.06. The van der Waals surface area contributed by atoms with Gasteiger partial charge in [-0.1, -0.05) is 12.1 Å². The summed E-state index contributed by atoms with van der Waals surface area (Å²) in [4.78, 5) is 4.04. The molecule has 0 aliphatic carbocycles. The zero-order chi connectivity index (χ0) is 13.1. The molecule has 0 unspecified atom stereocenters. The van der Waals surface area contributed by atoms with E-state index < -0.39 is 0 Å². The number of benzene rings is 1. The lowest BCUT2D eigenvalue weighted by molar-refractivity contribution is 0.441. The standard InChI is InChI=1S/C12H12N6O/c1-13-6-9-3-2-4-10(5-9)19-12-8-14-7-11-15-16-17-18(11)12/h2-5,7-8,13H,6H2,1H3. The Bertz CT molecular complexity index is 695. The van der Waals surface area contributed by atoms with Crippen LogP contribution in [0.2, 0.25) is 0 Å². The van der Waals surface area contributed by atoms with Crippen molar-refractivity contribution in [3.63, 3.8) is 0 Å². The summed E-state index contributed by atoms with van der Waals surface area (Å²) in [5.74, 6) is 1.20. The van der Waals surface area contributed by atoms with E-state index in [2.05, 4.69) is 25.8 Å². The van der Waals surface area contributed by atoms with Gasteiger partial charge in [0.1, 0.15) is 5.75 Å². The van der Waals surface area contributed by atoms with E-state index >= 15 is 0 Å². The highest BCUT2D eigenvalue weighted by Crippen LogP contribution is 2.21. The van der Waals surface area contributed by atoms with Crippen LogP contribution >= 0.6 is 0 Å². The van der Waals surface area contributed by atoms with Crippen LogP contribution in [0.3, 0.4) is 0 Å². The molecule has 0 radical (unpaired) electrons. The Morgan fingerprint density at radius 2 is 2.26 bits per heavy atom. The van der Waals surface area contributed by atoms with Crippen LogP contribution in [0.15, 0.2) is 36.7 Å². The average molecular weight is 256 g/mol. The number of aromatic nitrogens is 5. The van der Waals surface area contributed by atoms with Gasteiger partial charge in [-0.3, -0.25) is 4.98 Å². The molecule has 0 bridgehead atoms. The molecular formula is C12H12N6O. The molecule has 0 fully saturated rings. The molecule has 2 aromatic heterocycles. The number of rotatable bonds is 4. The second kappa shape index (κ2) is 4.99. The van der Waals surface area contributed by atoms with Crippen molar-refractivity contribution in [2.45, 2.75) is 6.54 Å². The van der Waals surface area contributed by atoms with Crippen LogP contribution in [-0.2, 0) is 6.54 Å². The van der Waals surface area contributed by atoms with Gasteiger partial charge in [-0.2, -0.15) is 4.52 Å². The quantitative estimate of drug-likeness (QED) is 0.751. The Hall–Kier alpha value is -2.54. The molecule has 0 saturated carbocycles. The zero-order valence-electron chi connectivity index (χ0n) is 10.3. The van der Waals surface area contributed by atoms with Gasteiger partial charge in [0.15, 0.2) is 0 Å². The molecule has 19 heavy (non-hydrogen) atoms. The molecule has 0 spiro atoms. The fraction of sp³-hybridized carbons (Fsp3) is 0.167.